The number of carbonyl (C=O) groups is 1. The van der Waals surface area contributed by atoms with Crippen LogP contribution in [0, 0.1) is 0 Å². The molecule has 1 aliphatic heterocycles. The molecule has 1 heterocycles. The highest BCUT2D eigenvalue weighted by molar-refractivity contribution is 5.80. The van der Waals surface area contributed by atoms with Crippen molar-refractivity contribution in [1.82, 2.24) is 5.32 Å². The number of rotatable bonds is 40. The molecule has 8 atom stereocenters. The molecule has 7 N–H and O–H groups in total. The second-order valence-corrected chi connectivity index (χ2v) is 17.0. The first-order valence-corrected chi connectivity index (χ1v) is 24.3. The fraction of sp³-hybridized carbons (Fsp3) is 0.857. The number of hydrogen-bond donors (Lipinski definition) is 7. The largest absolute Gasteiger partial charge is 0.394 e. The molecule has 1 aliphatic rings. The Labute approximate surface area is 360 Å². The van der Waals surface area contributed by atoms with Gasteiger partial charge in [-0.05, 0) is 44.9 Å². The Morgan fingerprint density at radius 2 is 1.00 bits per heavy atom. The van der Waals surface area contributed by atoms with Gasteiger partial charge in [0, 0.05) is 0 Å². The molecule has 0 aromatic carbocycles. The van der Waals surface area contributed by atoms with Crippen LogP contribution in [0.25, 0.3) is 0 Å². The van der Waals surface area contributed by atoms with Gasteiger partial charge in [-0.1, -0.05) is 198 Å². The SMILES string of the molecule is CCCCCCCC/C=C/CC/C=C/CC/C=C/C(O)C(COC1OC(CO)C(O)C(O)C1O)NC(=O)C(O)CCCCCCCCCCCCCCCCCCCC. The fourth-order valence-electron chi connectivity index (χ4n) is 7.55. The third kappa shape index (κ3) is 29.3. The molecule has 10 nitrogen and oxygen atoms in total. The smallest absolute Gasteiger partial charge is 0.249 e. The van der Waals surface area contributed by atoms with E-state index in [1.807, 2.05) is 6.08 Å². The van der Waals surface area contributed by atoms with Gasteiger partial charge in [-0.3, -0.25) is 4.79 Å². The first-order chi connectivity index (χ1) is 28.8. The lowest BCUT2D eigenvalue weighted by atomic mass is 9.99. The van der Waals surface area contributed by atoms with Gasteiger partial charge in [-0.2, -0.15) is 0 Å². The number of aliphatic hydroxyl groups is 6. The van der Waals surface area contributed by atoms with Gasteiger partial charge < -0.3 is 45.4 Å². The highest BCUT2D eigenvalue weighted by Crippen LogP contribution is 2.23. The zero-order valence-corrected chi connectivity index (χ0v) is 37.6. The first kappa shape index (κ1) is 55.4. The van der Waals surface area contributed by atoms with E-state index in [4.69, 9.17) is 9.47 Å². The Bertz CT molecular complexity index is 1040. The maximum atomic E-state index is 13.1. The van der Waals surface area contributed by atoms with Crippen molar-refractivity contribution >= 4 is 5.91 Å². The quantitative estimate of drug-likeness (QED) is 0.0235. The van der Waals surface area contributed by atoms with Crippen molar-refractivity contribution in [3.05, 3.63) is 36.5 Å². The van der Waals surface area contributed by atoms with Crippen LogP contribution in [0.2, 0.25) is 0 Å². The molecule has 10 heteroatoms. The van der Waals surface area contributed by atoms with Gasteiger partial charge in [0.1, 0.15) is 30.5 Å². The number of carbonyl (C=O) groups excluding carboxylic acids is 1. The first-order valence-electron chi connectivity index (χ1n) is 24.3. The monoisotopic (exact) mass is 838 g/mol. The number of aliphatic hydroxyl groups excluding tert-OH is 6. The lowest BCUT2D eigenvalue weighted by molar-refractivity contribution is -0.302. The number of unbranched alkanes of at least 4 members (excludes halogenated alkanes) is 25. The van der Waals surface area contributed by atoms with Crippen LogP contribution in [0.1, 0.15) is 206 Å². The van der Waals surface area contributed by atoms with Crippen LogP contribution in [0.15, 0.2) is 36.5 Å². The van der Waals surface area contributed by atoms with Crippen molar-refractivity contribution in [2.75, 3.05) is 13.2 Å². The van der Waals surface area contributed by atoms with E-state index in [1.165, 1.54) is 128 Å². The minimum Gasteiger partial charge on any atom is -0.394 e. The molecule has 0 saturated carbocycles. The summed E-state index contributed by atoms with van der Waals surface area (Å²) in [6.07, 6.45) is 38.0. The highest BCUT2D eigenvalue weighted by atomic mass is 16.7. The van der Waals surface area contributed by atoms with Crippen molar-refractivity contribution in [3.63, 3.8) is 0 Å². The van der Waals surface area contributed by atoms with Gasteiger partial charge in [0.05, 0.1) is 25.4 Å². The minimum absolute atomic E-state index is 0.304. The maximum absolute atomic E-state index is 13.1. The molecule has 0 aromatic rings. The van der Waals surface area contributed by atoms with Crippen molar-refractivity contribution < 1.29 is 44.9 Å². The summed E-state index contributed by atoms with van der Waals surface area (Å²) >= 11 is 0. The van der Waals surface area contributed by atoms with Crippen LogP contribution in [-0.2, 0) is 14.3 Å². The van der Waals surface area contributed by atoms with Crippen LogP contribution in [0.3, 0.4) is 0 Å². The summed E-state index contributed by atoms with van der Waals surface area (Å²) in [5.41, 5.74) is 0. The normalized spacial score (nSPS) is 21.5. The van der Waals surface area contributed by atoms with Crippen molar-refractivity contribution in [2.45, 2.75) is 255 Å². The lowest BCUT2D eigenvalue weighted by Gasteiger charge is -2.40. The molecule has 1 saturated heterocycles. The molecule has 1 amide bonds. The summed E-state index contributed by atoms with van der Waals surface area (Å²) in [4.78, 5) is 13.1. The molecule has 1 fully saturated rings. The number of nitrogens with one attached hydrogen (secondary N) is 1. The van der Waals surface area contributed by atoms with Gasteiger partial charge >= 0.3 is 0 Å². The minimum atomic E-state index is -1.62. The summed E-state index contributed by atoms with van der Waals surface area (Å²) in [5.74, 6) is -0.629. The van der Waals surface area contributed by atoms with E-state index in [9.17, 15) is 35.4 Å². The molecule has 0 aliphatic carbocycles. The topological polar surface area (TPSA) is 169 Å². The molecule has 59 heavy (non-hydrogen) atoms. The number of amides is 1. The molecule has 1 rings (SSSR count). The third-order valence-corrected chi connectivity index (χ3v) is 11.6. The Kier molecular flexibility index (Phi) is 36.8. The van der Waals surface area contributed by atoms with Crippen LogP contribution in [0.5, 0.6) is 0 Å². The summed E-state index contributed by atoms with van der Waals surface area (Å²) < 4.78 is 11.1. The third-order valence-electron chi connectivity index (χ3n) is 11.6. The van der Waals surface area contributed by atoms with Gasteiger partial charge in [0.2, 0.25) is 5.91 Å². The molecular weight excluding hydrogens is 747 g/mol. The Morgan fingerprint density at radius 1 is 0.576 bits per heavy atom. The van der Waals surface area contributed by atoms with E-state index in [-0.39, 0.29) is 6.61 Å². The van der Waals surface area contributed by atoms with Crippen molar-refractivity contribution in [3.8, 4) is 0 Å². The molecule has 8 unspecified atom stereocenters. The van der Waals surface area contributed by atoms with Gasteiger partial charge in [0.25, 0.3) is 0 Å². The zero-order valence-electron chi connectivity index (χ0n) is 37.6. The second-order valence-electron chi connectivity index (χ2n) is 17.0. The number of hydrogen-bond acceptors (Lipinski definition) is 9. The van der Waals surface area contributed by atoms with E-state index >= 15 is 0 Å². The predicted molar refractivity (Wildman–Crippen MR) is 241 cm³/mol. The second kappa shape index (κ2) is 39.2. The summed E-state index contributed by atoms with van der Waals surface area (Å²) in [6.45, 7) is 3.58. The fourth-order valence-corrected chi connectivity index (χ4v) is 7.55. The highest BCUT2D eigenvalue weighted by Gasteiger charge is 2.44. The number of ether oxygens (including phenoxy) is 2. The van der Waals surface area contributed by atoms with Gasteiger partial charge in [-0.25, -0.2) is 0 Å². The maximum Gasteiger partial charge on any atom is 0.249 e. The Morgan fingerprint density at radius 3 is 1.47 bits per heavy atom. The molecule has 0 spiro atoms. The summed E-state index contributed by atoms with van der Waals surface area (Å²) in [5, 5.41) is 64.7. The predicted octanol–water partition coefficient (Wildman–Crippen LogP) is 9.42. The van der Waals surface area contributed by atoms with Gasteiger partial charge in [0.15, 0.2) is 6.29 Å². The average Bonchev–Trinajstić information content (AvgIpc) is 3.23. The summed E-state index contributed by atoms with van der Waals surface area (Å²) in [7, 11) is 0. The number of allylic oxidation sites excluding steroid dienone is 5. The molecule has 0 bridgehead atoms. The van der Waals surface area contributed by atoms with Crippen LogP contribution in [-0.4, -0.2) is 98.7 Å². The van der Waals surface area contributed by atoms with Gasteiger partial charge in [-0.15, -0.1) is 0 Å². The van der Waals surface area contributed by atoms with Crippen molar-refractivity contribution in [1.29, 1.82) is 0 Å². The lowest BCUT2D eigenvalue weighted by Crippen LogP contribution is -2.60. The van der Waals surface area contributed by atoms with E-state index in [0.717, 1.165) is 44.9 Å². The average molecular weight is 838 g/mol. The standard InChI is InChI=1S/C49H91NO9/c1-3-5-7-9-11-13-15-17-19-21-22-24-26-28-30-32-34-36-38-43(53)48(57)50-41(40-58-49-47(56)46(55)45(54)44(39-51)59-49)42(52)37-35-33-31-29-27-25-23-20-18-16-14-12-10-8-6-4-2/h18,20,27,29,35,37,41-47,49,51-56H,3-17,19,21-26,28,30-34,36,38-40H2,1-2H3,(H,50,57)/b20-18+,29-27+,37-35+. The zero-order chi connectivity index (χ0) is 43.2. The molecule has 346 valence electrons. The Balaban J connectivity index is 2.41. The van der Waals surface area contributed by atoms with E-state index in [2.05, 4.69) is 43.5 Å². The van der Waals surface area contributed by atoms with Crippen LogP contribution in [0.4, 0.5) is 0 Å². The van der Waals surface area contributed by atoms with Crippen LogP contribution < -0.4 is 5.32 Å². The van der Waals surface area contributed by atoms with E-state index < -0.39 is 61.5 Å². The molecule has 0 radical (unpaired) electrons. The van der Waals surface area contributed by atoms with E-state index in [1.54, 1.807) is 6.08 Å². The molecular formula is C49H91NO9. The van der Waals surface area contributed by atoms with Crippen molar-refractivity contribution in [2.24, 2.45) is 0 Å². The Hall–Kier alpha value is -1.63. The van der Waals surface area contributed by atoms with Crippen LogP contribution >= 0.6 is 0 Å². The molecule has 0 aromatic heterocycles. The van der Waals surface area contributed by atoms with E-state index in [0.29, 0.717) is 19.3 Å². The summed E-state index contributed by atoms with van der Waals surface area (Å²) in [6, 6.07) is -1.00.